The third-order valence-corrected chi connectivity index (χ3v) is 3.56. The minimum Gasteiger partial charge on any atom is -0.340 e. The second kappa shape index (κ2) is 5.22. The van der Waals surface area contributed by atoms with Crippen LogP contribution in [-0.4, -0.2) is 11.9 Å². The maximum absolute atomic E-state index is 11.2. The Bertz CT molecular complexity index is 502. The van der Waals surface area contributed by atoms with Crippen molar-refractivity contribution in [2.45, 2.75) is 45.1 Å². The Kier molecular flexibility index (Phi) is 3.66. The van der Waals surface area contributed by atoms with E-state index in [2.05, 4.69) is 36.5 Å². The van der Waals surface area contributed by atoms with Gasteiger partial charge in [0, 0.05) is 12.8 Å². The molecule has 1 aromatic carbocycles. The van der Waals surface area contributed by atoms with Crippen molar-refractivity contribution in [3.05, 3.63) is 34.9 Å². The summed E-state index contributed by atoms with van der Waals surface area (Å²) in [5, 5.41) is 12.0. The molecule has 1 N–H and O–H groups in total. The van der Waals surface area contributed by atoms with E-state index in [1.807, 2.05) is 0 Å². The zero-order chi connectivity index (χ0) is 13.1. The molecule has 1 aliphatic carbocycles. The molecule has 0 saturated carbocycles. The van der Waals surface area contributed by atoms with Gasteiger partial charge in [-0.05, 0) is 37.3 Å². The topological polar surface area (TPSA) is 52.9 Å². The number of benzene rings is 1. The van der Waals surface area contributed by atoms with Gasteiger partial charge in [-0.25, -0.2) is 0 Å². The first kappa shape index (κ1) is 12.6. The van der Waals surface area contributed by atoms with Gasteiger partial charge in [-0.2, -0.15) is 5.26 Å². The van der Waals surface area contributed by atoms with Crippen molar-refractivity contribution < 1.29 is 4.79 Å². The number of fused-ring (bicyclic) bond motifs is 1. The molecule has 0 bridgehead atoms. The number of nitrogens with one attached hydrogen (secondary N) is 1. The van der Waals surface area contributed by atoms with E-state index >= 15 is 0 Å². The Morgan fingerprint density at radius 3 is 3.00 bits per heavy atom. The number of nitriles is 1. The summed E-state index contributed by atoms with van der Waals surface area (Å²) in [6.07, 6.45) is 3.12. The fourth-order valence-electron chi connectivity index (χ4n) is 2.74. The summed E-state index contributed by atoms with van der Waals surface area (Å²) in [6, 6.07) is 8.24. The van der Waals surface area contributed by atoms with Crippen molar-refractivity contribution in [1.29, 1.82) is 5.26 Å². The lowest BCUT2D eigenvalue weighted by Crippen LogP contribution is -2.38. The van der Waals surface area contributed by atoms with Crippen LogP contribution in [0.2, 0.25) is 0 Å². The Morgan fingerprint density at radius 1 is 1.56 bits per heavy atom. The third-order valence-electron chi connectivity index (χ3n) is 3.56. The first-order chi connectivity index (χ1) is 8.61. The van der Waals surface area contributed by atoms with Crippen LogP contribution in [0.25, 0.3) is 0 Å². The van der Waals surface area contributed by atoms with Crippen LogP contribution in [0.15, 0.2) is 18.2 Å². The molecule has 0 unspecified atom stereocenters. The summed E-state index contributed by atoms with van der Waals surface area (Å²) in [6.45, 7) is 3.52. The number of amides is 1. The first-order valence-electron chi connectivity index (χ1n) is 6.38. The molecule has 2 atom stereocenters. The normalized spacial score (nSPS) is 19.5. The third kappa shape index (κ3) is 2.53. The van der Waals surface area contributed by atoms with Gasteiger partial charge in [0.2, 0.25) is 5.91 Å². The van der Waals surface area contributed by atoms with Gasteiger partial charge in [-0.1, -0.05) is 23.8 Å². The molecule has 0 aromatic heterocycles. The van der Waals surface area contributed by atoms with Crippen LogP contribution in [0.3, 0.4) is 0 Å². The van der Waals surface area contributed by atoms with E-state index in [1.54, 1.807) is 0 Å². The lowest BCUT2D eigenvalue weighted by Gasteiger charge is -2.29. The Hall–Kier alpha value is -1.82. The summed E-state index contributed by atoms with van der Waals surface area (Å²) in [4.78, 5) is 11.2. The van der Waals surface area contributed by atoms with Crippen molar-refractivity contribution in [1.82, 2.24) is 5.32 Å². The number of aryl methyl sites for hydroxylation is 2. The van der Waals surface area contributed by atoms with E-state index in [0.29, 0.717) is 0 Å². The highest BCUT2D eigenvalue weighted by molar-refractivity contribution is 5.73. The standard InChI is InChI=1S/C15H18N2O/c1-10-6-7-12-4-3-5-13(14(12)8-10)15(9-16)17-11(2)18/h6-8,13,15H,3-5H2,1-2H3,(H,17,18)/t13-,15-/m1/s1. The van der Waals surface area contributed by atoms with Gasteiger partial charge in [-0.3, -0.25) is 4.79 Å². The molecule has 2 rings (SSSR count). The molecule has 0 heterocycles. The SMILES string of the molecule is CC(=O)N[C@H](C#N)[C@@H]1CCCc2ccc(C)cc21. The van der Waals surface area contributed by atoms with Crippen molar-refractivity contribution in [2.75, 3.05) is 0 Å². The molecular formula is C15H18N2O. The van der Waals surface area contributed by atoms with Gasteiger partial charge in [0.15, 0.2) is 0 Å². The van der Waals surface area contributed by atoms with Crippen molar-refractivity contribution in [2.24, 2.45) is 0 Å². The molecular weight excluding hydrogens is 224 g/mol. The number of hydrogen-bond donors (Lipinski definition) is 1. The predicted octanol–water partition coefficient (Wildman–Crippen LogP) is 2.44. The Labute approximate surface area is 108 Å². The minimum atomic E-state index is -0.414. The predicted molar refractivity (Wildman–Crippen MR) is 70.1 cm³/mol. The van der Waals surface area contributed by atoms with Gasteiger partial charge in [0.25, 0.3) is 0 Å². The van der Waals surface area contributed by atoms with Gasteiger partial charge in [0.1, 0.15) is 6.04 Å². The molecule has 0 fully saturated rings. The number of rotatable bonds is 2. The second-order valence-corrected chi connectivity index (χ2v) is 5.01. The van der Waals surface area contributed by atoms with E-state index in [1.165, 1.54) is 23.6 Å². The molecule has 18 heavy (non-hydrogen) atoms. The molecule has 1 aromatic rings. The maximum Gasteiger partial charge on any atom is 0.217 e. The summed E-state index contributed by atoms with van der Waals surface area (Å²) in [5.74, 6) is -0.0103. The highest BCUT2D eigenvalue weighted by Crippen LogP contribution is 2.34. The van der Waals surface area contributed by atoms with Crippen LogP contribution in [0.1, 0.15) is 42.4 Å². The van der Waals surface area contributed by atoms with Gasteiger partial charge in [-0.15, -0.1) is 0 Å². The van der Waals surface area contributed by atoms with Gasteiger partial charge in [0.05, 0.1) is 6.07 Å². The highest BCUT2D eigenvalue weighted by atomic mass is 16.1. The van der Waals surface area contributed by atoms with Gasteiger partial charge < -0.3 is 5.32 Å². The molecule has 3 nitrogen and oxygen atoms in total. The number of carbonyl (C=O) groups is 1. The monoisotopic (exact) mass is 242 g/mol. The molecule has 0 radical (unpaired) electrons. The summed E-state index contributed by atoms with van der Waals surface area (Å²) in [5.41, 5.74) is 3.77. The van der Waals surface area contributed by atoms with Crippen LogP contribution in [0.4, 0.5) is 0 Å². The fourth-order valence-corrected chi connectivity index (χ4v) is 2.74. The first-order valence-corrected chi connectivity index (χ1v) is 6.38. The lowest BCUT2D eigenvalue weighted by molar-refractivity contribution is -0.119. The smallest absolute Gasteiger partial charge is 0.217 e. The van der Waals surface area contributed by atoms with Crippen LogP contribution in [-0.2, 0) is 11.2 Å². The van der Waals surface area contributed by atoms with E-state index in [-0.39, 0.29) is 11.8 Å². The van der Waals surface area contributed by atoms with Crippen molar-refractivity contribution >= 4 is 5.91 Å². The molecule has 94 valence electrons. The second-order valence-electron chi connectivity index (χ2n) is 5.01. The fraction of sp³-hybridized carbons (Fsp3) is 0.467. The Balaban J connectivity index is 2.34. The summed E-state index contributed by atoms with van der Waals surface area (Å²) in [7, 11) is 0. The largest absolute Gasteiger partial charge is 0.340 e. The van der Waals surface area contributed by atoms with Crippen LogP contribution < -0.4 is 5.32 Å². The summed E-state index contributed by atoms with van der Waals surface area (Å²) >= 11 is 0. The molecule has 0 saturated heterocycles. The minimum absolute atomic E-state index is 0.127. The number of nitrogens with zero attached hydrogens (tertiary/aromatic N) is 1. The Morgan fingerprint density at radius 2 is 2.33 bits per heavy atom. The zero-order valence-electron chi connectivity index (χ0n) is 10.9. The quantitative estimate of drug-likeness (QED) is 0.866. The van der Waals surface area contributed by atoms with E-state index < -0.39 is 6.04 Å². The maximum atomic E-state index is 11.2. The molecule has 0 aliphatic heterocycles. The van der Waals surface area contributed by atoms with E-state index in [9.17, 15) is 10.1 Å². The highest BCUT2D eigenvalue weighted by Gasteiger charge is 2.28. The average Bonchev–Trinajstić information content (AvgIpc) is 2.35. The lowest BCUT2D eigenvalue weighted by atomic mass is 9.78. The zero-order valence-corrected chi connectivity index (χ0v) is 10.9. The summed E-state index contributed by atoms with van der Waals surface area (Å²) < 4.78 is 0. The van der Waals surface area contributed by atoms with Crippen LogP contribution >= 0.6 is 0 Å². The average molecular weight is 242 g/mol. The van der Waals surface area contributed by atoms with Crippen molar-refractivity contribution in [3.8, 4) is 6.07 Å². The molecule has 0 spiro atoms. The van der Waals surface area contributed by atoms with E-state index in [0.717, 1.165) is 19.3 Å². The molecule has 1 aliphatic rings. The van der Waals surface area contributed by atoms with Gasteiger partial charge >= 0.3 is 0 Å². The van der Waals surface area contributed by atoms with Crippen molar-refractivity contribution in [3.63, 3.8) is 0 Å². The number of hydrogen-bond acceptors (Lipinski definition) is 2. The molecule has 1 amide bonds. The van der Waals surface area contributed by atoms with E-state index in [4.69, 9.17) is 0 Å². The number of carbonyl (C=O) groups excluding carboxylic acids is 1. The molecule has 3 heteroatoms. The van der Waals surface area contributed by atoms with Crippen LogP contribution in [0.5, 0.6) is 0 Å². The van der Waals surface area contributed by atoms with Crippen LogP contribution in [0, 0.1) is 18.3 Å².